The van der Waals surface area contributed by atoms with Gasteiger partial charge in [-0.15, -0.1) is 0 Å². The van der Waals surface area contributed by atoms with E-state index in [2.05, 4.69) is 17.5 Å². The van der Waals surface area contributed by atoms with Gasteiger partial charge in [0.2, 0.25) is 0 Å². The molecule has 1 unspecified atom stereocenters. The number of allylic oxidation sites excluding steroid dienone is 2. The zero-order valence-corrected chi connectivity index (χ0v) is 10.7. The largest absolute Gasteiger partial charge is 0.385 e. The first kappa shape index (κ1) is 12.9. The summed E-state index contributed by atoms with van der Waals surface area (Å²) in [6, 6.07) is 4.82. The molecule has 0 spiro atoms. The van der Waals surface area contributed by atoms with Crippen LogP contribution in [0.5, 0.6) is 0 Å². The third-order valence-electron chi connectivity index (χ3n) is 3.12. The molecule has 0 saturated carbocycles. The highest BCUT2D eigenvalue weighted by Crippen LogP contribution is 2.28. The molecule has 0 radical (unpaired) electrons. The molecule has 18 heavy (non-hydrogen) atoms. The number of nitro groups is 1. The molecule has 0 aromatic heterocycles. The fourth-order valence-electron chi connectivity index (χ4n) is 2.07. The summed E-state index contributed by atoms with van der Waals surface area (Å²) >= 11 is 5.76. The number of nitrogens with zero attached hydrogens (tertiary/aromatic N) is 1. The lowest BCUT2D eigenvalue weighted by Crippen LogP contribution is -2.15. The van der Waals surface area contributed by atoms with Crippen LogP contribution in [0.2, 0.25) is 5.02 Å². The van der Waals surface area contributed by atoms with E-state index in [1.165, 1.54) is 12.5 Å². The molecule has 1 aromatic rings. The van der Waals surface area contributed by atoms with Gasteiger partial charge in [-0.2, -0.15) is 0 Å². The SMILES string of the molecule is O=[N+]([O-])c1cc(NCC2CC=CCC2)ccc1Cl. The molecule has 0 heterocycles. The van der Waals surface area contributed by atoms with Gasteiger partial charge < -0.3 is 5.32 Å². The standard InChI is InChI=1S/C13H15ClN2O2/c14-12-7-6-11(8-13(12)16(17)18)15-9-10-4-2-1-3-5-10/h1-2,6-8,10,15H,3-5,9H2. The highest BCUT2D eigenvalue weighted by atomic mass is 35.5. The van der Waals surface area contributed by atoms with Gasteiger partial charge in [0, 0.05) is 18.3 Å². The van der Waals surface area contributed by atoms with Crippen LogP contribution < -0.4 is 5.32 Å². The Bertz CT molecular complexity index is 474. The average molecular weight is 267 g/mol. The maximum Gasteiger partial charge on any atom is 0.289 e. The van der Waals surface area contributed by atoms with Crippen LogP contribution in [0.25, 0.3) is 0 Å². The number of rotatable bonds is 4. The second kappa shape index (κ2) is 5.87. The number of halogens is 1. The molecule has 0 bridgehead atoms. The van der Waals surface area contributed by atoms with E-state index < -0.39 is 4.92 Å². The third kappa shape index (κ3) is 3.23. The van der Waals surface area contributed by atoms with Crippen LogP contribution in [-0.2, 0) is 0 Å². The Hall–Kier alpha value is -1.55. The minimum Gasteiger partial charge on any atom is -0.385 e. The first-order valence-corrected chi connectivity index (χ1v) is 6.37. The van der Waals surface area contributed by atoms with Crippen LogP contribution in [0.1, 0.15) is 19.3 Å². The lowest BCUT2D eigenvalue weighted by Gasteiger charge is -2.18. The van der Waals surface area contributed by atoms with Crippen LogP contribution in [0.4, 0.5) is 11.4 Å². The fourth-order valence-corrected chi connectivity index (χ4v) is 2.25. The van der Waals surface area contributed by atoms with Crippen LogP contribution in [0, 0.1) is 16.0 Å². The molecule has 1 atom stereocenters. The van der Waals surface area contributed by atoms with Crippen molar-refractivity contribution >= 4 is 23.0 Å². The van der Waals surface area contributed by atoms with E-state index in [4.69, 9.17) is 11.6 Å². The van der Waals surface area contributed by atoms with E-state index in [0.29, 0.717) is 5.92 Å². The van der Waals surface area contributed by atoms with Crippen LogP contribution in [0.3, 0.4) is 0 Å². The quantitative estimate of drug-likeness (QED) is 0.509. The molecule has 1 aromatic carbocycles. The average Bonchev–Trinajstić information content (AvgIpc) is 2.38. The summed E-state index contributed by atoms with van der Waals surface area (Å²) in [5.74, 6) is 0.602. The topological polar surface area (TPSA) is 55.2 Å². The third-order valence-corrected chi connectivity index (χ3v) is 3.43. The Morgan fingerprint density at radius 3 is 2.94 bits per heavy atom. The Morgan fingerprint density at radius 2 is 2.28 bits per heavy atom. The van der Waals surface area contributed by atoms with E-state index in [1.807, 2.05) is 0 Å². The van der Waals surface area contributed by atoms with Gasteiger partial charge in [0.15, 0.2) is 0 Å². The van der Waals surface area contributed by atoms with Gasteiger partial charge in [-0.25, -0.2) is 0 Å². The molecule has 0 aliphatic heterocycles. The summed E-state index contributed by atoms with van der Waals surface area (Å²) < 4.78 is 0. The number of hydrogen-bond donors (Lipinski definition) is 1. The number of hydrogen-bond acceptors (Lipinski definition) is 3. The van der Waals surface area contributed by atoms with Crippen molar-refractivity contribution in [2.45, 2.75) is 19.3 Å². The van der Waals surface area contributed by atoms with Crippen molar-refractivity contribution in [1.82, 2.24) is 0 Å². The van der Waals surface area contributed by atoms with E-state index in [0.717, 1.165) is 25.1 Å². The zero-order chi connectivity index (χ0) is 13.0. The first-order valence-electron chi connectivity index (χ1n) is 5.99. The molecule has 0 amide bonds. The Morgan fingerprint density at radius 1 is 1.44 bits per heavy atom. The number of anilines is 1. The van der Waals surface area contributed by atoms with Gasteiger partial charge in [0.05, 0.1) is 4.92 Å². The molecule has 96 valence electrons. The number of nitro benzene ring substituents is 1. The second-order valence-electron chi connectivity index (χ2n) is 4.45. The fraction of sp³-hybridized carbons (Fsp3) is 0.385. The van der Waals surface area contributed by atoms with E-state index >= 15 is 0 Å². The van der Waals surface area contributed by atoms with Gasteiger partial charge in [0.1, 0.15) is 5.02 Å². The zero-order valence-electron chi connectivity index (χ0n) is 9.93. The summed E-state index contributed by atoms with van der Waals surface area (Å²) in [7, 11) is 0. The molecule has 0 saturated heterocycles. The van der Waals surface area contributed by atoms with Gasteiger partial charge in [-0.05, 0) is 37.3 Å². The molecular formula is C13H15ClN2O2. The molecule has 2 rings (SSSR count). The molecule has 1 aliphatic rings. The van der Waals surface area contributed by atoms with Crippen molar-refractivity contribution in [3.8, 4) is 0 Å². The van der Waals surface area contributed by atoms with Crippen LogP contribution >= 0.6 is 11.6 Å². The molecular weight excluding hydrogens is 252 g/mol. The summed E-state index contributed by atoms with van der Waals surface area (Å²) in [4.78, 5) is 10.3. The van der Waals surface area contributed by atoms with Gasteiger partial charge in [-0.3, -0.25) is 10.1 Å². The molecule has 1 aliphatic carbocycles. The lowest BCUT2D eigenvalue weighted by molar-refractivity contribution is -0.384. The van der Waals surface area contributed by atoms with Crippen molar-refractivity contribution in [3.05, 3.63) is 45.5 Å². The molecule has 1 N–H and O–H groups in total. The lowest BCUT2D eigenvalue weighted by atomic mass is 9.94. The predicted molar refractivity (Wildman–Crippen MR) is 73.1 cm³/mol. The number of benzene rings is 1. The first-order chi connectivity index (χ1) is 8.66. The predicted octanol–water partition coefficient (Wildman–Crippen LogP) is 4.02. The van der Waals surface area contributed by atoms with Gasteiger partial charge in [-0.1, -0.05) is 23.8 Å². The van der Waals surface area contributed by atoms with Crippen LogP contribution in [-0.4, -0.2) is 11.5 Å². The summed E-state index contributed by atoms with van der Waals surface area (Å²) in [5, 5.41) is 14.2. The minimum atomic E-state index is -0.461. The van der Waals surface area contributed by atoms with Crippen molar-refractivity contribution in [2.75, 3.05) is 11.9 Å². The van der Waals surface area contributed by atoms with E-state index in [1.54, 1.807) is 12.1 Å². The monoisotopic (exact) mass is 266 g/mol. The Balaban J connectivity index is 1.99. The van der Waals surface area contributed by atoms with Gasteiger partial charge in [0.25, 0.3) is 5.69 Å². The van der Waals surface area contributed by atoms with Crippen molar-refractivity contribution in [2.24, 2.45) is 5.92 Å². The van der Waals surface area contributed by atoms with Crippen molar-refractivity contribution in [1.29, 1.82) is 0 Å². The van der Waals surface area contributed by atoms with Crippen LogP contribution in [0.15, 0.2) is 30.4 Å². The van der Waals surface area contributed by atoms with Gasteiger partial charge >= 0.3 is 0 Å². The van der Waals surface area contributed by atoms with E-state index in [9.17, 15) is 10.1 Å². The molecule has 0 fully saturated rings. The summed E-state index contributed by atoms with van der Waals surface area (Å²) in [5.41, 5.74) is 0.700. The Kier molecular flexibility index (Phi) is 4.20. The van der Waals surface area contributed by atoms with E-state index in [-0.39, 0.29) is 10.7 Å². The van der Waals surface area contributed by atoms with Crippen molar-refractivity contribution < 1.29 is 4.92 Å². The highest BCUT2D eigenvalue weighted by Gasteiger charge is 2.14. The second-order valence-corrected chi connectivity index (χ2v) is 4.86. The molecule has 4 nitrogen and oxygen atoms in total. The maximum atomic E-state index is 10.8. The normalized spacial score (nSPS) is 18.6. The summed E-state index contributed by atoms with van der Waals surface area (Å²) in [6.45, 7) is 0.836. The minimum absolute atomic E-state index is 0.0507. The summed E-state index contributed by atoms with van der Waals surface area (Å²) in [6.07, 6.45) is 7.75. The van der Waals surface area contributed by atoms with Crippen molar-refractivity contribution in [3.63, 3.8) is 0 Å². The number of nitrogens with one attached hydrogen (secondary N) is 1. The maximum absolute atomic E-state index is 10.8. The smallest absolute Gasteiger partial charge is 0.289 e. The molecule has 5 heteroatoms. The highest BCUT2D eigenvalue weighted by molar-refractivity contribution is 6.32. The Labute approximate surface area is 111 Å².